The molecule has 0 unspecified atom stereocenters. The number of amides is 1. The maximum atomic E-state index is 12.8. The van der Waals surface area contributed by atoms with Crippen molar-refractivity contribution in [1.29, 1.82) is 0 Å². The van der Waals surface area contributed by atoms with Gasteiger partial charge in [-0.05, 0) is 61.6 Å². The molecule has 0 spiro atoms. The van der Waals surface area contributed by atoms with E-state index in [-0.39, 0.29) is 12.3 Å². The van der Waals surface area contributed by atoms with Crippen molar-refractivity contribution in [2.75, 3.05) is 6.54 Å². The molecule has 4 rings (SSSR count). The molecule has 150 valence electrons. The van der Waals surface area contributed by atoms with Crippen molar-refractivity contribution in [1.82, 2.24) is 4.90 Å². The zero-order valence-corrected chi connectivity index (χ0v) is 17.0. The number of rotatable bonds is 4. The minimum atomic E-state index is -0.810. The summed E-state index contributed by atoms with van der Waals surface area (Å²) in [5.41, 5.74) is 6.25. The van der Waals surface area contributed by atoms with Gasteiger partial charge in [0.25, 0.3) is 5.91 Å². The molecule has 5 heteroatoms. The van der Waals surface area contributed by atoms with Crippen LogP contribution >= 0.6 is 0 Å². The van der Waals surface area contributed by atoms with E-state index >= 15 is 0 Å². The van der Waals surface area contributed by atoms with Crippen molar-refractivity contribution in [3.8, 4) is 0 Å². The van der Waals surface area contributed by atoms with Crippen LogP contribution in [0.1, 0.15) is 34.7 Å². The third-order valence-corrected chi connectivity index (χ3v) is 5.70. The van der Waals surface area contributed by atoms with Crippen LogP contribution < -0.4 is 0 Å². The van der Waals surface area contributed by atoms with Gasteiger partial charge in [-0.1, -0.05) is 24.3 Å². The Morgan fingerprint density at radius 3 is 2.66 bits per heavy atom. The lowest BCUT2D eigenvalue weighted by Crippen LogP contribution is -2.42. The van der Waals surface area contributed by atoms with Crippen molar-refractivity contribution >= 4 is 22.8 Å². The van der Waals surface area contributed by atoms with Crippen molar-refractivity contribution in [2.45, 2.75) is 46.3 Å². The number of carbonyl (C=O) groups is 2. The number of nitrogens with zero attached hydrogens (tertiary/aromatic N) is 1. The third-order valence-electron chi connectivity index (χ3n) is 5.70. The molecule has 1 amide bonds. The first-order valence-corrected chi connectivity index (χ1v) is 9.94. The van der Waals surface area contributed by atoms with Gasteiger partial charge in [-0.25, -0.2) is 0 Å². The van der Waals surface area contributed by atoms with Gasteiger partial charge in [0, 0.05) is 24.0 Å². The molecule has 2 heterocycles. The molecule has 0 saturated carbocycles. The van der Waals surface area contributed by atoms with Gasteiger partial charge < -0.3 is 14.1 Å². The van der Waals surface area contributed by atoms with Crippen LogP contribution in [0.5, 0.6) is 0 Å². The van der Waals surface area contributed by atoms with E-state index in [9.17, 15) is 9.59 Å². The van der Waals surface area contributed by atoms with Crippen molar-refractivity contribution in [2.24, 2.45) is 0 Å². The zero-order valence-electron chi connectivity index (χ0n) is 17.0. The summed E-state index contributed by atoms with van der Waals surface area (Å²) in [7, 11) is 0. The summed E-state index contributed by atoms with van der Waals surface area (Å²) < 4.78 is 11.0. The molecule has 3 aromatic rings. The Kier molecular flexibility index (Phi) is 5.14. The molecule has 5 nitrogen and oxygen atoms in total. The molecule has 1 atom stereocenters. The Hall–Kier alpha value is -3.08. The smallest absolute Gasteiger partial charge is 0.311 e. The largest absolute Gasteiger partial charge is 0.464 e. The molecule has 0 bridgehead atoms. The fourth-order valence-electron chi connectivity index (χ4n) is 3.86. The minimum absolute atomic E-state index is 0.0793. The highest BCUT2D eigenvalue weighted by atomic mass is 16.5. The van der Waals surface area contributed by atoms with Crippen LogP contribution in [0, 0.1) is 13.8 Å². The van der Waals surface area contributed by atoms with Crippen LogP contribution in [0.25, 0.3) is 11.0 Å². The number of benzene rings is 2. The molecule has 0 saturated heterocycles. The van der Waals surface area contributed by atoms with E-state index in [4.69, 9.17) is 9.15 Å². The van der Waals surface area contributed by atoms with E-state index in [2.05, 4.69) is 6.07 Å². The summed E-state index contributed by atoms with van der Waals surface area (Å²) in [6, 6.07) is 12.1. The summed E-state index contributed by atoms with van der Waals surface area (Å²) in [6.07, 6.45) is 1.69. The number of hydrogen-bond acceptors (Lipinski definition) is 4. The van der Waals surface area contributed by atoms with Crippen LogP contribution in [0.2, 0.25) is 0 Å². The Balaban J connectivity index is 1.40. The molecule has 0 radical (unpaired) electrons. The van der Waals surface area contributed by atoms with Crippen LogP contribution in [-0.4, -0.2) is 29.4 Å². The van der Waals surface area contributed by atoms with Crippen LogP contribution in [0.3, 0.4) is 0 Å². The molecule has 0 N–H and O–H groups in total. The van der Waals surface area contributed by atoms with Crippen LogP contribution in [-0.2, 0) is 33.7 Å². The first-order valence-electron chi connectivity index (χ1n) is 9.94. The Bertz CT molecular complexity index is 1080. The number of aryl methyl sites for hydroxylation is 2. The quantitative estimate of drug-likeness (QED) is 0.628. The van der Waals surface area contributed by atoms with Crippen molar-refractivity contribution in [3.63, 3.8) is 0 Å². The predicted octanol–water partition coefficient (Wildman–Crippen LogP) is 4.11. The van der Waals surface area contributed by atoms with Gasteiger partial charge in [0.15, 0.2) is 6.10 Å². The molecule has 1 aliphatic rings. The van der Waals surface area contributed by atoms with Crippen molar-refractivity contribution in [3.05, 3.63) is 70.5 Å². The van der Waals surface area contributed by atoms with E-state index in [0.717, 1.165) is 39.6 Å². The lowest BCUT2D eigenvalue weighted by atomic mass is 9.99. The number of ether oxygens (including phenoxy) is 1. The Labute approximate surface area is 170 Å². The average Bonchev–Trinajstić information content (AvgIpc) is 3.08. The number of carbonyl (C=O) groups excluding carboxylic acids is 2. The van der Waals surface area contributed by atoms with Gasteiger partial charge in [-0.15, -0.1) is 0 Å². The van der Waals surface area contributed by atoms with E-state index < -0.39 is 12.1 Å². The molecular formula is C24H25NO4. The van der Waals surface area contributed by atoms with Gasteiger partial charge in [0.05, 0.1) is 12.7 Å². The molecule has 29 heavy (non-hydrogen) atoms. The number of esters is 1. The lowest BCUT2D eigenvalue weighted by Gasteiger charge is -2.30. The third kappa shape index (κ3) is 3.90. The zero-order chi connectivity index (χ0) is 20.5. The summed E-state index contributed by atoms with van der Waals surface area (Å²) in [6.45, 7) is 6.89. The normalized spacial score (nSPS) is 14.5. The predicted molar refractivity (Wildman–Crippen MR) is 111 cm³/mol. The number of hydrogen-bond donors (Lipinski definition) is 0. The van der Waals surface area contributed by atoms with Gasteiger partial charge in [0.1, 0.15) is 5.58 Å². The molecule has 0 aliphatic carbocycles. The summed E-state index contributed by atoms with van der Waals surface area (Å²) >= 11 is 0. The maximum absolute atomic E-state index is 12.8. The van der Waals surface area contributed by atoms with Crippen molar-refractivity contribution < 1.29 is 18.7 Å². The first-order chi connectivity index (χ1) is 13.9. The summed E-state index contributed by atoms with van der Waals surface area (Å²) in [5, 5.41) is 0.914. The van der Waals surface area contributed by atoms with E-state index in [1.54, 1.807) is 18.1 Å². The highest BCUT2D eigenvalue weighted by molar-refractivity contribution is 5.88. The highest BCUT2D eigenvalue weighted by Crippen LogP contribution is 2.25. The van der Waals surface area contributed by atoms with Gasteiger partial charge >= 0.3 is 5.97 Å². The molecule has 0 fully saturated rings. The second-order valence-corrected chi connectivity index (χ2v) is 7.78. The highest BCUT2D eigenvalue weighted by Gasteiger charge is 2.27. The molecule has 2 aromatic carbocycles. The van der Waals surface area contributed by atoms with Gasteiger partial charge in [-0.3, -0.25) is 9.59 Å². The van der Waals surface area contributed by atoms with Gasteiger partial charge in [-0.2, -0.15) is 0 Å². The van der Waals surface area contributed by atoms with Gasteiger partial charge in [0.2, 0.25) is 0 Å². The fraction of sp³-hybridized carbons (Fsp3) is 0.333. The SMILES string of the molecule is Cc1cc2occ(CC(=O)O[C@@H](C)C(=O)N3CCc4ccccc4C3)c2cc1C. The second-order valence-electron chi connectivity index (χ2n) is 7.78. The standard InChI is InChI=1S/C24H25NO4/c1-15-10-21-20(14-28-22(21)11-16(15)2)12-23(26)29-17(3)24(27)25-9-8-18-6-4-5-7-19(18)13-25/h4-7,10-11,14,17H,8-9,12-13H2,1-3H3/t17-/m0/s1. The topological polar surface area (TPSA) is 59.8 Å². The average molecular weight is 391 g/mol. The monoisotopic (exact) mass is 391 g/mol. The fourth-order valence-corrected chi connectivity index (χ4v) is 3.86. The minimum Gasteiger partial charge on any atom is -0.464 e. The Morgan fingerprint density at radius 1 is 1.14 bits per heavy atom. The molecule has 1 aromatic heterocycles. The van der Waals surface area contributed by atoms with Crippen LogP contribution in [0.15, 0.2) is 47.1 Å². The summed E-state index contributed by atoms with van der Waals surface area (Å²) in [5.74, 6) is -0.583. The number of furan rings is 1. The summed E-state index contributed by atoms with van der Waals surface area (Å²) in [4.78, 5) is 27.0. The van der Waals surface area contributed by atoms with E-state index in [0.29, 0.717) is 13.1 Å². The number of fused-ring (bicyclic) bond motifs is 2. The van der Waals surface area contributed by atoms with Crippen LogP contribution in [0.4, 0.5) is 0 Å². The molecular weight excluding hydrogens is 366 g/mol. The maximum Gasteiger partial charge on any atom is 0.311 e. The van der Waals surface area contributed by atoms with E-state index in [1.165, 1.54) is 5.56 Å². The Morgan fingerprint density at radius 2 is 1.86 bits per heavy atom. The molecule has 1 aliphatic heterocycles. The second kappa shape index (κ2) is 7.74. The van der Waals surface area contributed by atoms with E-state index in [1.807, 2.05) is 44.2 Å². The lowest BCUT2D eigenvalue weighted by molar-refractivity contribution is -0.159. The first kappa shape index (κ1) is 19.2.